The third-order valence-electron chi connectivity index (χ3n) is 6.02. The van der Waals surface area contributed by atoms with Gasteiger partial charge in [0.15, 0.2) is 10.9 Å². The van der Waals surface area contributed by atoms with E-state index in [4.69, 9.17) is 12.2 Å². The number of rotatable bonds is 5. The van der Waals surface area contributed by atoms with Crippen molar-refractivity contribution < 1.29 is 17.9 Å². The molecule has 2 heterocycles. The summed E-state index contributed by atoms with van der Waals surface area (Å²) in [7, 11) is 0. The average Bonchev–Trinajstić information content (AvgIpc) is 3.30. The predicted octanol–water partition coefficient (Wildman–Crippen LogP) is 5.26. The van der Waals surface area contributed by atoms with Crippen LogP contribution >= 0.6 is 12.2 Å². The number of anilines is 1. The van der Waals surface area contributed by atoms with Crippen molar-refractivity contribution in [2.24, 2.45) is 5.10 Å². The zero-order valence-electron chi connectivity index (χ0n) is 20.4. The van der Waals surface area contributed by atoms with Gasteiger partial charge in [-0.15, -0.1) is 13.2 Å². The first-order chi connectivity index (χ1) is 18.2. The number of nitrogens with one attached hydrogen (secondary N) is 2. The molecule has 0 unspecified atom stereocenters. The van der Waals surface area contributed by atoms with Crippen LogP contribution < -0.4 is 15.5 Å². The molecule has 194 valence electrons. The number of imidazole rings is 1. The van der Waals surface area contributed by atoms with Gasteiger partial charge in [0.25, 0.3) is 0 Å². The summed E-state index contributed by atoms with van der Waals surface area (Å²) in [4.78, 5) is 13.5. The first kappa shape index (κ1) is 25.3. The summed E-state index contributed by atoms with van der Waals surface area (Å²) in [6.07, 6.45) is 1.40. The number of aromatic nitrogens is 4. The van der Waals surface area contributed by atoms with E-state index in [1.54, 1.807) is 24.7 Å². The summed E-state index contributed by atoms with van der Waals surface area (Å²) in [5.74, 6) is 0.147. The summed E-state index contributed by atoms with van der Waals surface area (Å²) >= 11 is 5.34. The number of halogens is 3. The van der Waals surface area contributed by atoms with Crippen LogP contribution in [0, 0.1) is 13.8 Å². The van der Waals surface area contributed by atoms with E-state index in [-0.39, 0.29) is 5.75 Å². The molecule has 0 amide bonds. The molecular formula is C26H22F3N7OS. The van der Waals surface area contributed by atoms with Gasteiger partial charge in [-0.05, 0) is 74.3 Å². The highest BCUT2D eigenvalue weighted by molar-refractivity contribution is 7.80. The van der Waals surface area contributed by atoms with Gasteiger partial charge >= 0.3 is 6.36 Å². The van der Waals surface area contributed by atoms with Crippen LogP contribution in [0.1, 0.15) is 28.3 Å². The Morgan fingerprint density at radius 3 is 2.53 bits per heavy atom. The van der Waals surface area contributed by atoms with Crippen molar-refractivity contribution in [2.45, 2.75) is 33.1 Å². The summed E-state index contributed by atoms with van der Waals surface area (Å²) in [6.45, 7) is 4.00. The van der Waals surface area contributed by atoms with E-state index < -0.39 is 6.36 Å². The molecule has 8 nitrogen and oxygen atoms in total. The number of para-hydroxylation sites is 1. The van der Waals surface area contributed by atoms with E-state index >= 15 is 0 Å². The number of hydrogen-bond acceptors (Lipinski definition) is 6. The molecule has 0 atom stereocenters. The summed E-state index contributed by atoms with van der Waals surface area (Å²) in [5.41, 5.74) is 9.86. The highest BCUT2D eigenvalue weighted by Crippen LogP contribution is 2.33. The number of thiocarbonyl (C=S) groups is 1. The smallest absolute Gasteiger partial charge is 0.406 e. The first-order valence-corrected chi connectivity index (χ1v) is 12.0. The monoisotopic (exact) mass is 537 g/mol. The SMILES string of the molecule is Cc1cccc(C)c1NC(=S)N/N=C/c1ncc2c(n1)CCc1c-2ncn1-c1ccc(OC(F)(F)F)cc1. The topological polar surface area (TPSA) is 89.3 Å². The number of alkyl halides is 3. The molecule has 0 spiro atoms. The summed E-state index contributed by atoms with van der Waals surface area (Å²) < 4.78 is 43.2. The maximum Gasteiger partial charge on any atom is 0.573 e. The Kier molecular flexibility index (Phi) is 6.81. The van der Waals surface area contributed by atoms with Crippen molar-refractivity contribution in [3.63, 3.8) is 0 Å². The second kappa shape index (κ2) is 10.2. The number of hydrazone groups is 1. The largest absolute Gasteiger partial charge is 0.573 e. The van der Waals surface area contributed by atoms with Gasteiger partial charge in [0, 0.05) is 23.1 Å². The van der Waals surface area contributed by atoms with Gasteiger partial charge in [0.1, 0.15) is 12.1 Å². The Bertz CT molecular complexity index is 1510. The molecule has 0 bridgehead atoms. The molecule has 0 fully saturated rings. The van der Waals surface area contributed by atoms with Crippen LogP contribution in [-0.4, -0.2) is 37.2 Å². The van der Waals surface area contributed by atoms with Crippen molar-refractivity contribution in [3.05, 3.63) is 83.3 Å². The molecule has 0 radical (unpaired) electrons. The molecule has 2 aromatic heterocycles. The first-order valence-electron chi connectivity index (χ1n) is 11.6. The van der Waals surface area contributed by atoms with Gasteiger partial charge < -0.3 is 14.6 Å². The van der Waals surface area contributed by atoms with E-state index in [9.17, 15) is 13.2 Å². The molecule has 2 N–H and O–H groups in total. The number of benzene rings is 2. The molecule has 1 aliphatic carbocycles. The van der Waals surface area contributed by atoms with Crippen LogP contribution in [0.4, 0.5) is 18.9 Å². The molecule has 38 heavy (non-hydrogen) atoms. The lowest BCUT2D eigenvalue weighted by Gasteiger charge is -2.17. The standard InChI is InChI=1S/C26H22F3N7OS/c1-15-4-3-5-16(2)23(15)34-25(38)35-32-13-22-30-12-19-20(33-22)10-11-21-24(19)31-14-36(21)17-6-8-18(9-7-17)37-26(27,28)29/h3-9,12-14H,10-11H2,1-2H3,(H2,34,35,38)/b32-13+. The molecule has 5 rings (SSSR count). The summed E-state index contributed by atoms with van der Waals surface area (Å²) in [5, 5.41) is 7.66. The fraction of sp³-hybridized carbons (Fsp3) is 0.192. The Morgan fingerprint density at radius 1 is 1.08 bits per heavy atom. The van der Waals surface area contributed by atoms with Crippen LogP contribution in [0.25, 0.3) is 16.9 Å². The minimum atomic E-state index is -4.73. The van der Waals surface area contributed by atoms with Crippen LogP contribution in [0.3, 0.4) is 0 Å². The predicted molar refractivity (Wildman–Crippen MR) is 142 cm³/mol. The lowest BCUT2D eigenvalue weighted by molar-refractivity contribution is -0.274. The van der Waals surface area contributed by atoms with Crippen molar-refractivity contribution >= 4 is 29.2 Å². The molecule has 2 aromatic carbocycles. The Morgan fingerprint density at radius 2 is 1.82 bits per heavy atom. The van der Waals surface area contributed by atoms with E-state index in [0.29, 0.717) is 29.5 Å². The van der Waals surface area contributed by atoms with Gasteiger partial charge in [0.2, 0.25) is 0 Å². The van der Waals surface area contributed by atoms with E-state index in [0.717, 1.165) is 39.5 Å². The van der Waals surface area contributed by atoms with Gasteiger partial charge in [-0.2, -0.15) is 5.10 Å². The second-order valence-electron chi connectivity index (χ2n) is 8.63. The molecule has 12 heteroatoms. The molecule has 0 aliphatic heterocycles. The fourth-order valence-corrected chi connectivity index (χ4v) is 4.44. The Hall–Kier alpha value is -4.32. The maximum absolute atomic E-state index is 12.5. The van der Waals surface area contributed by atoms with Crippen molar-refractivity contribution in [1.82, 2.24) is 24.9 Å². The minimum absolute atomic E-state index is 0.278. The highest BCUT2D eigenvalue weighted by atomic mass is 32.1. The molecule has 0 saturated carbocycles. The third kappa shape index (κ3) is 5.49. The lowest BCUT2D eigenvalue weighted by Crippen LogP contribution is -2.25. The van der Waals surface area contributed by atoms with Crippen molar-refractivity contribution in [2.75, 3.05) is 5.32 Å². The third-order valence-corrected chi connectivity index (χ3v) is 6.21. The zero-order chi connectivity index (χ0) is 26.9. The minimum Gasteiger partial charge on any atom is -0.406 e. The Balaban J connectivity index is 1.28. The maximum atomic E-state index is 12.5. The van der Waals surface area contributed by atoms with Crippen molar-refractivity contribution in [1.29, 1.82) is 0 Å². The van der Waals surface area contributed by atoms with Crippen LogP contribution in [-0.2, 0) is 12.8 Å². The van der Waals surface area contributed by atoms with E-state index in [1.165, 1.54) is 18.3 Å². The number of nitrogens with zero attached hydrogens (tertiary/aromatic N) is 5. The second-order valence-corrected chi connectivity index (χ2v) is 9.04. The molecule has 1 aliphatic rings. The average molecular weight is 538 g/mol. The van der Waals surface area contributed by atoms with Crippen LogP contribution in [0.2, 0.25) is 0 Å². The zero-order valence-corrected chi connectivity index (χ0v) is 21.2. The molecular weight excluding hydrogens is 515 g/mol. The summed E-state index contributed by atoms with van der Waals surface area (Å²) in [6, 6.07) is 11.7. The van der Waals surface area contributed by atoms with Crippen molar-refractivity contribution in [3.8, 4) is 22.7 Å². The lowest BCUT2D eigenvalue weighted by atomic mass is 9.97. The van der Waals surface area contributed by atoms with Gasteiger partial charge in [-0.25, -0.2) is 15.0 Å². The van der Waals surface area contributed by atoms with Gasteiger partial charge in [-0.1, -0.05) is 18.2 Å². The quantitative estimate of drug-likeness (QED) is 0.204. The highest BCUT2D eigenvalue weighted by Gasteiger charge is 2.31. The number of hydrogen-bond donors (Lipinski definition) is 2. The van der Waals surface area contributed by atoms with E-state index in [2.05, 4.69) is 35.5 Å². The Labute approximate surface area is 221 Å². The normalized spacial score (nSPS) is 12.7. The van der Waals surface area contributed by atoms with Crippen LogP contribution in [0.15, 0.2) is 60.1 Å². The van der Waals surface area contributed by atoms with Gasteiger partial charge in [-0.3, -0.25) is 5.43 Å². The van der Waals surface area contributed by atoms with Crippen LogP contribution in [0.5, 0.6) is 5.75 Å². The van der Waals surface area contributed by atoms with Gasteiger partial charge in [0.05, 0.1) is 23.3 Å². The number of fused-ring (bicyclic) bond motifs is 3. The number of aryl methyl sites for hydroxylation is 3. The van der Waals surface area contributed by atoms with E-state index in [1.807, 2.05) is 36.6 Å². The molecule has 0 saturated heterocycles. The molecule has 4 aromatic rings. The number of ether oxygens (including phenoxy) is 1. The fourth-order valence-electron chi connectivity index (χ4n) is 4.29.